The highest BCUT2D eigenvalue weighted by Gasteiger charge is 2.53. The molecule has 0 N–H and O–H groups in total. The van der Waals surface area contributed by atoms with Crippen molar-refractivity contribution in [2.45, 2.75) is 5.41 Å². The fourth-order valence-electron chi connectivity index (χ4n) is 9.87. The SMILES string of the molecule is c1ccc(-c2cc(-c3ccc4c5c(cccc35)-c3ccccc3O4)cc3c2-c2ccc4ccccc4c2C32c3ccccc3-c3ccccc32)cc1. The minimum absolute atomic E-state index is 0.493. The molecule has 0 amide bonds. The molecule has 9 aromatic rings. The summed E-state index contributed by atoms with van der Waals surface area (Å²) in [7, 11) is 0. The van der Waals surface area contributed by atoms with E-state index in [4.69, 9.17) is 4.74 Å². The first-order chi connectivity index (χ1) is 25.8. The van der Waals surface area contributed by atoms with Crippen molar-refractivity contribution in [3.05, 3.63) is 204 Å². The quantitative estimate of drug-likeness (QED) is 0.180. The summed E-state index contributed by atoms with van der Waals surface area (Å²) in [5.41, 5.74) is 17.4. The Morgan fingerprint density at radius 3 is 1.83 bits per heavy atom. The molecule has 0 saturated heterocycles. The van der Waals surface area contributed by atoms with Gasteiger partial charge in [-0.25, -0.2) is 0 Å². The van der Waals surface area contributed by atoms with Crippen molar-refractivity contribution >= 4 is 21.5 Å². The number of benzene rings is 9. The number of fused-ring (bicyclic) bond motifs is 14. The van der Waals surface area contributed by atoms with Gasteiger partial charge in [-0.15, -0.1) is 0 Å². The lowest BCUT2D eigenvalue weighted by molar-refractivity contribution is 0.487. The summed E-state index contributed by atoms with van der Waals surface area (Å²) < 4.78 is 6.54. The van der Waals surface area contributed by atoms with Gasteiger partial charge in [0.15, 0.2) is 0 Å². The van der Waals surface area contributed by atoms with Crippen molar-refractivity contribution in [3.63, 3.8) is 0 Å². The summed E-state index contributed by atoms with van der Waals surface area (Å²) in [4.78, 5) is 0. The third-order valence-corrected chi connectivity index (χ3v) is 11.9. The second kappa shape index (κ2) is 10.2. The molecule has 1 heterocycles. The molecule has 1 nitrogen and oxygen atoms in total. The number of rotatable bonds is 2. The lowest BCUT2D eigenvalue weighted by Crippen LogP contribution is -2.26. The van der Waals surface area contributed by atoms with Crippen molar-refractivity contribution in [2.75, 3.05) is 0 Å². The van der Waals surface area contributed by atoms with Crippen LogP contribution in [0.1, 0.15) is 22.3 Å². The van der Waals surface area contributed by atoms with E-state index in [1.807, 2.05) is 6.07 Å². The van der Waals surface area contributed by atoms with E-state index in [1.165, 1.54) is 93.9 Å². The standard InChI is InChI=1S/C51H30O/c1-2-13-31(14-3-1)42-29-33(34-27-28-47-49-39(34)20-12-21-40(49)38-19-8-11-24-46(38)52-47)30-45-48(42)41-26-25-32-15-4-5-16-35(32)50(41)51(45)43-22-9-6-17-36(43)37-18-7-10-23-44(37)51/h1-30H. The minimum atomic E-state index is -0.493. The molecule has 12 rings (SSSR count). The summed E-state index contributed by atoms with van der Waals surface area (Å²) in [6.07, 6.45) is 0. The molecule has 52 heavy (non-hydrogen) atoms. The van der Waals surface area contributed by atoms with Gasteiger partial charge < -0.3 is 4.74 Å². The van der Waals surface area contributed by atoms with Crippen LogP contribution in [-0.2, 0) is 5.41 Å². The van der Waals surface area contributed by atoms with Crippen LogP contribution in [0.15, 0.2) is 182 Å². The van der Waals surface area contributed by atoms with Crippen molar-refractivity contribution in [1.82, 2.24) is 0 Å². The van der Waals surface area contributed by atoms with Crippen LogP contribution in [0.2, 0.25) is 0 Å². The number of hydrogen-bond acceptors (Lipinski definition) is 1. The van der Waals surface area contributed by atoms with Gasteiger partial charge in [-0.1, -0.05) is 158 Å². The predicted molar refractivity (Wildman–Crippen MR) is 214 cm³/mol. The van der Waals surface area contributed by atoms with E-state index in [-0.39, 0.29) is 0 Å². The van der Waals surface area contributed by atoms with E-state index < -0.39 is 5.41 Å². The first-order valence-electron chi connectivity index (χ1n) is 18.1. The molecule has 0 atom stereocenters. The highest BCUT2D eigenvalue weighted by Crippen LogP contribution is 2.66. The van der Waals surface area contributed by atoms with E-state index in [0.29, 0.717) is 0 Å². The van der Waals surface area contributed by atoms with Crippen molar-refractivity contribution in [3.8, 4) is 67.1 Å². The van der Waals surface area contributed by atoms with Gasteiger partial charge in [0, 0.05) is 10.9 Å². The van der Waals surface area contributed by atoms with Crippen LogP contribution in [0.25, 0.3) is 77.2 Å². The van der Waals surface area contributed by atoms with Crippen LogP contribution < -0.4 is 4.74 Å². The molecule has 1 aliphatic heterocycles. The number of hydrogen-bond donors (Lipinski definition) is 0. The van der Waals surface area contributed by atoms with Crippen LogP contribution >= 0.6 is 0 Å². The Kier molecular flexibility index (Phi) is 5.49. The summed E-state index contributed by atoms with van der Waals surface area (Å²) in [5.74, 6) is 1.82. The molecular formula is C51H30O. The first-order valence-corrected chi connectivity index (χ1v) is 18.1. The monoisotopic (exact) mass is 658 g/mol. The predicted octanol–water partition coefficient (Wildman–Crippen LogP) is 13.4. The molecule has 1 heteroatoms. The molecular weight excluding hydrogens is 629 g/mol. The smallest absolute Gasteiger partial charge is 0.135 e. The Hall–Kier alpha value is -6.70. The zero-order valence-corrected chi connectivity index (χ0v) is 28.2. The lowest BCUT2D eigenvalue weighted by Gasteiger charge is -2.32. The zero-order chi connectivity index (χ0) is 34.0. The molecule has 240 valence electrons. The summed E-state index contributed by atoms with van der Waals surface area (Å²) >= 11 is 0. The van der Waals surface area contributed by atoms with Gasteiger partial charge in [0.2, 0.25) is 0 Å². The Morgan fingerprint density at radius 2 is 1.00 bits per heavy atom. The van der Waals surface area contributed by atoms with Gasteiger partial charge in [-0.2, -0.15) is 0 Å². The van der Waals surface area contributed by atoms with E-state index in [9.17, 15) is 0 Å². The Bertz CT molecular complexity index is 2940. The molecule has 3 aliphatic rings. The van der Waals surface area contributed by atoms with Gasteiger partial charge in [0.1, 0.15) is 11.5 Å². The van der Waals surface area contributed by atoms with Gasteiger partial charge in [-0.05, 0) is 113 Å². The third kappa shape index (κ3) is 3.48. The minimum Gasteiger partial charge on any atom is -0.456 e. The summed E-state index contributed by atoms with van der Waals surface area (Å²) in [6, 6.07) is 67.3. The van der Waals surface area contributed by atoms with Gasteiger partial charge in [0.05, 0.1) is 5.41 Å². The van der Waals surface area contributed by atoms with Gasteiger partial charge >= 0.3 is 0 Å². The van der Waals surface area contributed by atoms with Crippen LogP contribution in [0.3, 0.4) is 0 Å². The van der Waals surface area contributed by atoms with E-state index in [2.05, 4.69) is 176 Å². The third-order valence-electron chi connectivity index (χ3n) is 11.9. The maximum Gasteiger partial charge on any atom is 0.135 e. The molecule has 0 aromatic heterocycles. The second-order valence-electron chi connectivity index (χ2n) is 14.3. The maximum absolute atomic E-state index is 6.54. The van der Waals surface area contributed by atoms with Crippen LogP contribution in [-0.4, -0.2) is 0 Å². The number of ether oxygens (including phenoxy) is 1. The average molecular weight is 659 g/mol. The maximum atomic E-state index is 6.54. The zero-order valence-electron chi connectivity index (χ0n) is 28.2. The fourth-order valence-corrected chi connectivity index (χ4v) is 9.87. The molecule has 0 bridgehead atoms. The molecule has 0 radical (unpaired) electrons. The van der Waals surface area contributed by atoms with Crippen LogP contribution in [0.5, 0.6) is 11.5 Å². The number of para-hydroxylation sites is 1. The molecule has 0 unspecified atom stereocenters. The van der Waals surface area contributed by atoms with Gasteiger partial charge in [0.25, 0.3) is 0 Å². The average Bonchev–Trinajstić information content (AvgIpc) is 3.69. The summed E-state index contributed by atoms with van der Waals surface area (Å²) in [5, 5.41) is 4.94. The van der Waals surface area contributed by atoms with Crippen LogP contribution in [0, 0.1) is 0 Å². The molecule has 2 aliphatic carbocycles. The molecule has 0 fully saturated rings. The van der Waals surface area contributed by atoms with Crippen LogP contribution in [0.4, 0.5) is 0 Å². The molecule has 9 aromatic carbocycles. The van der Waals surface area contributed by atoms with E-state index >= 15 is 0 Å². The fraction of sp³-hybridized carbons (Fsp3) is 0.0196. The Labute approximate surface area is 302 Å². The Balaban J connectivity index is 1.25. The van der Waals surface area contributed by atoms with Crippen molar-refractivity contribution in [2.24, 2.45) is 0 Å². The normalized spacial score (nSPS) is 13.7. The second-order valence-corrected chi connectivity index (χ2v) is 14.3. The van der Waals surface area contributed by atoms with E-state index in [0.717, 1.165) is 17.1 Å². The first kappa shape index (κ1) is 28.0. The Morgan fingerprint density at radius 1 is 0.346 bits per heavy atom. The summed E-state index contributed by atoms with van der Waals surface area (Å²) in [6.45, 7) is 0. The highest BCUT2D eigenvalue weighted by atomic mass is 16.5. The molecule has 0 saturated carbocycles. The van der Waals surface area contributed by atoms with Gasteiger partial charge in [-0.3, -0.25) is 0 Å². The lowest BCUT2D eigenvalue weighted by atomic mass is 9.69. The molecule has 1 spiro atoms. The topological polar surface area (TPSA) is 9.23 Å². The van der Waals surface area contributed by atoms with E-state index in [1.54, 1.807) is 0 Å². The van der Waals surface area contributed by atoms with Crippen molar-refractivity contribution < 1.29 is 4.74 Å². The largest absolute Gasteiger partial charge is 0.456 e. The highest BCUT2D eigenvalue weighted by molar-refractivity contribution is 6.12. The van der Waals surface area contributed by atoms with Crippen molar-refractivity contribution in [1.29, 1.82) is 0 Å².